The second-order valence-corrected chi connectivity index (χ2v) is 8.15. The number of furan rings is 1. The Balaban J connectivity index is 1.47. The van der Waals surface area contributed by atoms with E-state index in [1.807, 2.05) is 4.90 Å². The van der Waals surface area contributed by atoms with Gasteiger partial charge in [-0.05, 0) is 68.4 Å². The number of nitrogens with zero attached hydrogens (tertiary/aromatic N) is 2. The average molecular weight is 356 g/mol. The van der Waals surface area contributed by atoms with Gasteiger partial charge in [-0.1, -0.05) is 0 Å². The molecule has 0 saturated heterocycles. The lowest BCUT2D eigenvalue weighted by molar-refractivity contribution is -0.153. The zero-order valence-electron chi connectivity index (χ0n) is 14.9. The molecule has 0 atom stereocenters. The Morgan fingerprint density at radius 1 is 1.23 bits per heavy atom. The minimum Gasteiger partial charge on any atom is -0.457 e. The molecular formula is C20H24N2O4. The lowest BCUT2D eigenvalue weighted by Crippen LogP contribution is -2.62. The van der Waals surface area contributed by atoms with Gasteiger partial charge < -0.3 is 14.1 Å². The highest BCUT2D eigenvalue weighted by Crippen LogP contribution is 2.57. The predicted molar refractivity (Wildman–Crippen MR) is 91.8 cm³/mol. The number of amides is 1. The summed E-state index contributed by atoms with van der Waals surface area (Å²) in [6.45, 7) is 0.118. The minimum atomic E-state index is -0.630. The van der Waals surface area contributed by atoms with E-state index in [0.29, 0.717) is 30.7 Å². The highest BCUT2D eigenvalue weighted by atomic mass is 16.5. The van der Waals surface area contributed by atoms with Gasteiger partial charge in [-0.3, -0.25) is 4.79 Å². The number of nitriles is 1. The molecule has 6 nitrogen and oxygen atoms in total. The standard InChI is InChI=1S/C20H24N2O4/c21-4-2-5-22(18(23)13-26-19(24)17-3-1-6-25-17)20-10-14-7-15(11-20)9-16(8-14)12-20/h1,3,6,14-16H,2,5,7-13H2. The second kappa shape index (κ2) is 6.79. The molecular weight excluding hydrogens is 332 g/mol. The van der Waals surface area contributed by atoms with Crippen molar-refractivity contribution in [2.45, 2.75) is 50.5 Å². The molecule has 0 N–H and O–H groups in total. The van der Waals surface area contributed by atoms with Crippen LogP contribution in [-0.2, 0) is 9.53 Å². The van der Waals surface area contributed by atoms with E-state index >= 15 is 0 Å². The Labute approximate surface area is 153 Å². The Morgan fingerprint density at radius 2 is 1.88 bits per heavy atom. The van der Waals surface area contributed by atoms with E-state index in [9.17, 15) is 9.59 Å². The molecule has 4 saturated carbocycles. The van der Waals surface area contributed by atoms with Gasteiger partial charge in [0.05, 0.1) is 18.8 Å². The van der Waals surface area contributed by atoms with E-state index < -0.39 is 5.97 Å². The van der Waals surface area contributed by atoms with Crippen LogP contribution in [0.25, 0.3) is 0 Å². The molecule has 0 radical (unpaired) electrons. The lowest BCUT2D eigenvalue weighted by Gasteiger charge is -2.60. The van der Waals surface area contributed by atoms with Crippen LogP contribution in [0.2, 0.25) is 0 Å². The number of carbonyl (C=O) groups is 2. The number of hydrogen-bond acceptors (Lipinski definition) is 5. The van der Waals surface area contributed by atoms with Crippen molar-refractivity contribution in [3.05, 3.63) is 24.2 Å². The van der Waals surface area contributed by atoms with Crippen molar-refractivity contribution in [2.24, 2.45) is 17.8 Å². The van der Waals surface area contributed by atoms with Gasteiger partial charge in [-0.15, -0.1) is 0 Å². The zero-order chi connectivity index (χ0) is 18.1. The van der Waals surface area contributed by atoms with Gasteiger partial charge in [0, 0.05) is 12.1 Å². The Hall–Kier alpha value is -2.29. The van der Waals surface area contributed by atoms with Crippen LogP contribution >= 0.6 is 0 Å². The van der Waals surface area contributed by atoms with Crippen molar-refractivity contribution in [2.75, 3.05) is 13.2 Å². The van der Waals surface area contributed by atoms with Crippen molar-refractivity contribution in [3.63, 3.8) is 0 Å². The number of hydrogen-bond donors (Lipinski definition) is 0. The number of ether oxygens (including phenoxy) is 1. The van der Waals surface area contributed by atoms with Gasteiger partial charge in [0.2, 0.25) is 5.76 Å². The van der Waals surface area contributed by atoms with Crippen molar-refractivity contribution >= 4 is 11.9 Å². The highest BCUT2D eigenvalue weighted by Gasteiger charge is 2.54. The average Bonchev–Trinajstić information content (AvgIpc) is 3.13. The summed E-state index contributed by atoms with van der Waals surface area (Å²) in [6, 6.07) is 5.27. The predicted octanol–water partition coefficient (Wildman–Crippen LogP) is 3.15. The fourth-order valence-corrected chi connectivity index (χ4v) is 5.85. The maximum absolute atomic E-state index is 12.9. The van der Waals surface area contributed by atoms with Gasteiger partial charge >= 0.3 is 5.97 Å². The summed E-state index contributed by atoms with van der Waals surface area (Å²) in [6.07, 6.45) is 8.65. The second-order valence-electron chi connectivity index (χ2n) is 8.15. The molecule has 4 fully saturated rings. The van der Waals surface area contributed by atoms with Gasteiger partial charge in [0.25, 0.3) is 5.91 Å². The summed E-state index contributed by atoms with van der Waals surface area (Å²) in [4.78, 5) is 26.8. The third kappa shape index (κ3) is 3.11. The van der Waals surface area contributed by atoms with E-state index in [0.717, 1.165) is 19.3 Å². The summed E-state index contributed by atoms with van der Waals surface area (Å²) in [5.74, 6) is 1.37. The molecule has 0 unspecified atom stereocenters. The first-order chi connectivity index (χ1) is 12.6. The zero-order valence-corrected chi connectivity index (χ0v) is 14.9. The molecule has 5 rings (SSSR count). The lowest BCUT2D eigenvalue weighted by atomic mass is 9.52. The topological polar surface area (TPSA) is 83.5 Å². The molecule has 4 aliphatic rings. The first-order valence-electron chi connectivity index (χ1n) is 9.48. The summed E-state index contributed by atoms with van der Waals surface area (Å²) >= 11 is 0. The van der Waals surface area contributed by atoms with Crippen LogP contribution in [0, 0.1) is 29.1 Å². The Kier molecular flexibility index (Phi) is 4.47. The molecule has 26 heavy (non-hydrogen) atoms. The Morgan fingerprint density at radius 3 is 2.42 bits per heavy atom. The molecule has 138 valence electrons. The molecule has 1 amide bonds. The highest BCUT2D eigenvalue weighted by molar-refractivity contribution is 5.89. The smallest absolute Gasteiger partial charge is 0.374 e. The van der Waals surface area contributed by atoms with Crippen LogP contribution in [0.4, 0.5) is 0 Å². The van der Waals surface area contributed by atoms with Gasteiger partial charge in [0.1, 0.15) is 0 Å². The van der Waals surface area contributed by atoms with Crippen LogP contribution in [0.1, 0.15) is 55.5 Å². The maximum atomic E-state index is 12.9. The number of carbonyl (C=O) groups excluding carboxylic acids is 2. The Bertz CT molecular complexity index is 683. The largest absolute Gasteiger partial charge is 0.457 e. The van der Waals surface area contributed by atoms with E-state index in [4.69, 9.17) is 14.4 Å². The third-order valence-corrected chi connectivity index (χ3v) is 6.38. The van der Waals surface area contributed by atoms with Crippen molar-refractivity contribution in [1.29, 1.82) is 5.26 Å². The maximum Gasteiger partial charge on any atom is 0.374 e. The normalized spacial score (nSPS) is 31.4. The van der Waals surface area contributed by atoms with Gasteiger partial charge in [0.15, 0.2) is 6.61 Å². The summed E-state index contributed by atoms with van der Waals surface area (Å²) in [5, 5.41) is 9.04. The van der Waals surface area contributed by atoms with Crippen LogP contribution in [0.15, 0.2) is 22.8 Å². The van der Waals surface area contributed by atoms with E-state index in [1.54, 1.807) is 6.07 Å². The fraction of sp³-hybridized carbons (Fsp3) is 0.650. The van der Waals surface area contributed by atoms with Crippen molar-refractivity contribution in [3.8, 4) is 6.07 Å². The van der Waals surface area contributed by atoms with E-state index in [2.05, 4.69) is 6.07 Å². The van der Waals surface area contributed by atoms with E-state index in [-0.39, 0.29) is 23.8 Å². The van der Waals surface area contributed by atoms with E-state index in [1.165, 1.54) is 31.6 Å². The minimum absolute atomic E-state index is 0.0937. The van der Waals surface area contributed by atoms with Crippen LogP contribution in [0.5, 0.6) is 0 Å². The number of esters is 1. The van der Waals surface area contributed by atoms with Crippen molar-refractivity contribution < 1.29 is 18.7 Å². The van der Waals surface area contributed by atoms with Crippen LogP contribution in [0.3, 0.4) is 0 Å². The molecule has 6 heteroatoms. The van der Waals surface area contributed by atoms with Crippen LogP contribution < -0.4 is 0 Å². The van der Waals surface area contributed by atoms with Gasteiger partial charge in [-0.25, -0.2) is 4.79 Å². The fourth-order valence-electron chi connectivity index (χ4n) is 5.85. The van der Waals surface area contributed by atoms with Crippen LogP contribution in [-0.4, -0.2) is 35.5 Å². The molecule has 1 heterocycles. The quantitative estimate of drug-likeness (QED) is 0.731. The first kappa shape index (κ1) is 17.1. The summed E-state index contributed by atoms with van der Waals surface area (Å²) in [7, 11) is 0. The molecule has 0 aromatic carbocycles. The monoisotopic (exact) mass is 356 g/mol. The molecule has 0 aliphatic heterocycles. The SMILES string of the molecule is N#CCCN(C(=O)COC(=O)c1ccco1)C12CC3CC(CC(C3)C1)C2. The molecule has 4 aliphatic carbocycles. The summed E-state index contributed by atoms with van der Waals surface area (Å²) in [5.41, 5.74) is -0.139. The third-order valence-electron chi connectivity index (χ3n) is 6.38. The molecule has 4 bridgehead atoms. The molecule has 0 spiro atoms. The first-order valence-corrected chi connectivity index (χ1v) is 9.48. The van der Waals surface area contributed by atoms with Gasteiger partial charge in [-0.2, -0.15) is 5.26 Å². The summed E-state index contributed by atoms with van der Waals surface area (Å²) < 4.78 is 10.2. The molecule has 1 aromatic heterocycles. The molecule has 1 aromatic rings. The number of rotatable bonds is 6. The van der Waals surface area contributed by atoms with Crippen molar-refractivity contribution in [1.82, 2.24) is 4.90 Å².